The molecule has 1 N–H and O–H groups in total. The number of nitrogens with zero attached hydrogens (tertiary/aromatic N) is 4. The van der Waals surface area contributed by atoms with Gasteiger partial charge in [0.05, 0.1) is 0 Å². The zero-order valence-corrected chi connectivity index (χ0v) is 12.6. The van der Waals surface area contributed by atoms with Gasteiger partial charge in [-0.2, -0.15) is 5.26 Å². The second-order valence-corrected chi connectivity index (χ2v) is 4.88. The molecule has 0 spiro atoms. The van der Waals surface area contributed by atoms with E-state index in [1.807, 2.05) is 36.4 Å². The minimum atomic E-state index is -0.275. The first-order valence-corrected chi connectivity index (χ1v) is 7.15. The molecule has 0 fully saturated rings. The quantitative estimate of drug-likeness (QED) is 0.780. The standard InChI is InChI=1S/C17H13N5O2/c18-10-16-21-19-12-22(16)11-17(23)20-13-6-8-15(9-7-13)24-14-4-2-1-3-5-14/h1-9,12H,11H2,(H,20,23). The third-order valence-corrected chi connectivity index (χ3v) is 3.15. The number of carbonyl (C=O) groups excluding carboxylic acids is 1. The van der Waals surface area contributed by atoms with E-state index >= 15 is 0 Å². The van der Waals surface area contributed by atoms with Gasteiger partial charge in [-0.1, -0.05) is 18.2 Å². The third kappa shape index (κ3) is 3.75. The van der Waals surface area contributed by atoms with Gasteiger partial charge >= 0.3 is 0 Å². The Balaban J connectivity index is 1.60. The van der Waals surface area contributed by atoms with Crippen LogP contribution in [0.4, 0.5) is 5.69 Å². The average Bonchev–Trinajstić information content (AvgIpc) is 3.04. The van der Waals surface area contributed by atoms with Crippen LogP contribution in [0.3, 0.4) is 0 Å². The SMILES string of the molecule is N#Cc1nncn1CC(=O)Nc1ccc(Oc2ccccc2)cc1. The first-order valence-electron chi connectivity index (χ1n) is 7.15. The Hall–Kier alpha value is -3.66. The minimum absolute atomic E-state index is 0.0296. The molecular weight excluding hydrogens is 306 g/mol. The number of carbonyl (C=O) groups is 1. The van der Waals surface area contributed by atoms with E-state index in [-0.39, 0.29) is 18.3 Å². The number of hydrogen-bond acceptors (Lipinski definition) is 5. The minimum Gasteiger partial charge on any atom is -0.457 e. The van der Waals surface area contributed by atoms with Crippen molar-refractivity contribution in [2.75, 3.05) is 5.32 Å². The van der Waals surface area contributed by atoms with Crippen molar-refractivity contribution in [3.63, 3.8) is 0 Å². The molecule has 0 bridgehead atoms. The number of amides is 1. The van der Waals surface area contributed by atoms with Crippen LogP contribution in [0.25, 0.3) is 0 Å². The Morgan fingerprint density at radius 2 is 1.83 bits per heavy atom. The van der Waals surface area contributed by atoms with Crippen molar-refractivity contribution in [1.82, 2.24) is 14.8 Å². The molecule has 7 nitrogen and oxygen atoms in total. The maximum Gasteiger partial charge on any atom is 0.244 e. The molecule has 0 unspecified atom stereocenters. The Kier molecular flexibility index (Phi) is 4.49. The molecule has 1 aromatic heterocycles. The molecule has 0 aliphatic rings. The smallest absolute Gasteiger partial charge is 0.244 e. The summed E-state index contributed by atoms with van der Waals surface area (Å²) in [6, 6.07) is 18.3. The molecule has 2 aromatic carbocycles. The van der Waals surface area contributed by atoms with E-state index in [0.717, 1.165) is 5.75 Å². The molecule has 0 atom stereocenters. The van der Waals surface area contributed by atoms with Crippen molar-refractivity contribution in [1.29, 1.82) is 5.26 Å². The Morgan fingerprint density at radius 3 is 2.54 bits per heavy atom. The second kappa shape index (κ2) is 7.07. The van der Waals surface area contributed by atoms with Gasteiger partial charge in [-0.05, 0) is 36.4 Å². The molecule has 24 heavy (non-hydrogen) atoms. The summed E-state index contributed by atoms with van der Waals surface area (Å²) >= 11 is 0. The molecule has 7 heteroatoms. The van der Waals surface area contributed by atoms with Crippen molar-refractivity contribution in [3.05, 3.63) is 66.7 Å². The number of aromatic nitrogens is 3. The van der Waals surface area contributed by atoms with Gasteiger partial charge in [-0.3, -0.25) is 9.36 Å². The summed E-state index contributed by atoms with van der Waals surface area (Å²) in [6.07, 6.45) is 1.34. The van der Waals surface area contributed by atoms with Crippen LogP contribution >= 0.6 is 0 Å². The normalized spacial score (nSPS) is 9.96. The summed E-state index contributed by atoms with van der Waals surface area (Å²) in [4.78, 5) is 12.0. The van der Waals surface area contributed by atoms with Crippen molar-refractivity contribution in [2.45, 2.75) is 6.54 Å². The highest BCUT2D eigenvalue weighted by atomic mass is 16.5. The van der Waals surface area contributed by atoms with Crippen molar-refractivity contribution < 1.29 is 9.53 Å². The number of hydrogen-bond donors (Lipinski definition) is 1. The van der Waals surface area contributed by atoms with Crippen molar-refractivity contribution >= 4 is 11.6 Å². The number of benzene rings is 2. The predicted molar refractivity (Wildman–Crippen MR) is 86.3 cm³/mol. The van der Waals surface area contributed by atoms with Crippen LogP contribution in [-0.4, -0.2) is 20.7 Å². The lowest BCUT2D eigenvalue weighted by Crippen LogP contribution is -2.19. The predicted octanol–water partition coefficient (Wildman–Crippen LogP) is 2.58. The summed E-state index contributed by atoms with van der Waals surface area (Å²) in [5.74, 6) is 1.23. The molecule has 118 valence electrons. The highest BCUT2D eigenvalue weighted by molar-refractivity contribution is 5.90. The molecule has 0 radical (unpaired) electrons. The Bertz CT molecular complexity index is 866. The van der Waals surface area contributed by atoms with Crippen LogP contribution in [-0.2, 0) is 11.3 Å². The van der Waals surface area contributed by atoms with E-state index in [4.69, 9.17) is 10.00 Å². The largest absolute Gasteiger partial charge is 0.457 e. The lowest BCUT2D eigenvalue weighted by Gasteiger charge is -2.08. The number of nitriles is 1. The fourth-order valence-electron chi connectivity index (χ4n) is 2.04. The van der Waals surface area contributed by atoms with E-state index in [2.05, 4.69) is 15.5 Å². The number of para-hydroxylation sites is 1. The second-order valence-electron chi connectivity index (χ2n) is 4.88. The van der Waals surface area contributed by atoms with E-state index in [1.54, 1.807) is 24.3 Å². The summed E-state index contributed by atoms with van der Waals surface area (Å²) < 4.78 is 7.06. The van der Waals surface area contributed by atoms with Crippen LogP contribution in [0.5, 0.6) is 11.5 Å². The zero-order valence-electron chi connectivity index (χ0n) is 12.6. The molecule has 0 saturated carbocycles. The van der Waals surface area contributed by atoms with Gasteiger partial charge in [0.25, 0.3) is 0 Å². The van der Waals surface area contributed by atoms with E-state index in [0.29, 0.717) is 11.4 Å². The van der Waals surface area contributed by atoms with Crippen LogP contribution in [0, 0.1) is 11.3 Å². The van der Waals surface area contributed by atoms with E-state index in [9.17, 15) is 4.79 Å². The summed E-state index contributed by atoms with van der Waals surface area (Å²) in [6.45, 7) is -0.0296. The topological polar surface area (TPSA) is 92.8 Å². The van der Waals surface area contributed by atoms with Gasteiger partial charge in [-0.15, -0.1) is 10.2 Å². The zero-order chi connectivity index (χ0) is 16.8. The summed E-state index contributed by atoms with van der Waals surface area (Å²) in [5.41, 5.74) is 0.631. The highest BCUT2D eigenvalue weighted by Gasteiger charge is 2.08. The molecule has 1 amide bonds. The van der Waals surface area contributed by atoms with Crippen LogP contribution in [0.1, 0.15) is 5.82 Å². The highest BCUT2D eigenvalue weighted by Crippen LogP contribution is 2.22. The van der Waals surface area contributed by atoms with Crippen LogP contribution < -0.4 is 10.1 Å². The molecular formula is C17H13N5O2. The molecule has 1 heterocycles. The van der Waals surface area contributed by atoms with E-state index in [1.165, 1.54) is 10.9 Å². The molecule has 0 aliphatic heterocycles. The summed E-state index contributed by atoms with van der Waals surface area (Å²) in [7, 11) is 0. The van der Waals surface area contributed by atoms with Gasteiger partial charge in [0.1, 0.15) is 30.4 Å². The fourth-order valence-corrected chi connectivity index (χ4v) is 2.04. The van der Waals surface area contributed by atoms with Crippen LogP contribution in [0.15, 0.2) is 60.9 Å². The Morgan fingerprint density at radius 1 is 1.12 bits per heavy atom. The monoisotopic (exact) mass is 319 g/mol. The molecule has 0 aliphatic carbocycles. The number of anilines is 1. The first-order chi connectivity index (χ1) is 11.7. The molecule has 3 aromatic rings. The van der Waals surface area contributed by atoms with Gasteiger partial charge < -0.3 is 10.1 Å². The maximum absolute atomic E-state index is 12.0. The van der Waals surface area contributed by atoms with Crippen molar-refractivity contribution in [2.24, 2.45) is 0 Å². The van der Waals surface area contributed by atoms with Gasteiger partial charge in [0.2, 0.25) is 11.7 Å². The van der Waals surface area contributed by atoms with Gasteiger partial charge in [-0.25, -0.2) is 0 Å². The van der Waals surface area contributed by atoms with Gasteiger partial charge in [0, 0.05) is 5.69 Å². The number of rotatable bonds is 5. The average molecular weight is 319 g/mol. The fraction of sp³-hybridized carbons (Fsp3) is 0.0588. The van der Waals surface area contributed by atoms with Crippen LogP contribution in [0.2, 0.25) is 0 Å². The summed E-state index contributed by atoms with van der Waals surface area (Å²) in [5, 5.41) is 18.8. The number of nitrogens with one attached hydrogen (secondary N) is 1. The maximum atomic E-state index is 12.0. The Labute approximate surface area is 138 Å². The lowest BCUT2D eigenvalue weighted by atomic mass is 10.3. The number of ether oxygens (including phenoxy) is 1. The first kappa shape index (κ1) is 15.2. The third-order valence-electron chi connectivity index (χ3n) is 3.15. The van der Waals surface area contributed by atoms with Crippen molar-refractivity contribution in [3.8, 4) is 17.6 Å². The van der Waals surface area contributed by atoms with Gasteiger partial charge in [0.15, 0.2) is 0 Å². The van der Waals surface area contributed by atoms with E-state index < -0.39 is 0 Å². The lowest BCUT2D eigenvalue weighted by molar-refractivity contribution is -0.116. The molecule has 3 rings (SSSR count). The molecule has 0 saturated heterocycles.